The first-order valence-electron chi connectivity index (χ1n) is 14.5. The van der Waals surface area contributed by atoms with Crippen LogP contribution in [0.3, 0.4) is 0 Å². The summed E-state index contributed by atoms with van der Waals surface area (Å²) >= 11 is 0. The molecule has 0 bridgehead atoms. The predicted octanol–water partition coefficient (Wildman–Crippen LogP) is 3.48. The minimum absolute atomic E-state index is 0.0565. The smallest absolute Gasteiger partial charge is 0.408 e. The average Bonchev–Trinajstić information content (AvgIpc) is 3.34. The van der Waals surface area contributed by atoms with Gasteiger partial charge in [0.05, 0.1) is 0 Å². The Hall–Kier alpha value is -4.34. The van der Waals surface area contributed by atoms with Gasteiger partial charge in [-0.2, -0.15) is 0 Å². The molecule has 42 heavy (non-hydrogen) atoms. The lowest BCUT2D eigenvalue weighted by Gasteiger charge is -2.39. The topological polar surface area (TPSA) is 155 Å². The Bertz CT molecular complexity index is 1440. The quantitative estimate of drug-likeness (QED) is 0.237. The highest BCUT2D eigenvalue weighted by Crippen LogP contribution is 2.34. The number of H-pyrrole nitrogens is 1. The maximum atomic E-state index is 14.0. The van der Waals surface area contributed by atoms with E-state index in [4.69, 9.17) is 10.5 Å². The van der Waals surface area contributed by atoms with Gasteiger partial charge in [-0.3, -0.25) is 14.4 Å². The third-order valence-electron chi connectivity index (χ3n) is 8.22. The first-order chi connectivity index (χ1) is 20.0. The summed E-state index contributed by atoms with van der Waals surface area (Å²) in [4.78, 5) is 56.4. The average molecular weight is 576 g/mol. The minimum atomic E-state index is -1.38. The lowest BCUT2D eigenvalue weighted by atomic mass is 9.78. The Kier molecular flexibility index (Phi) is 9.55. The van der Waals surface area contributed by atoms with Gasteiger partial charge in [0.2, 0.25) is 17.7 Å². The first kappa shape index (κ1) is 30.6. The van der Waals surface area contributed by atoms with Crippen molar-refractivity contribution in [3.63, 3.8) is 0 Å². The summed E-state index contributed by atoms with van der Waals surface area (Å²) in [6.07, 6.45) is 0.869. The van der Waals surface area contributed by atoms with E-state index in [0.29, 0.717) is 19.3 Å². The van der Waals surface area contributed by atoms with Crippen LogP contribution in [0, 0.1) is 11.8 Å². The van der Waals surface area contributed by atoms with Gasteiger partial charge in [-0.25, -0.2) is 4.79 Å². The molecule has 0 fully saturated rings. The number of alkyl carbamates (subject to hydrolysis) is 1. The van der Waals surface area contributed by atoms with Crippen molar-refractivity contribution in [1.82, 2.24) is 20.9 Å². The molecule has 2 aromatic carbocycles. The van der Waals surface area contributed by atoms with Crippen LogP contribution in [0.25, 0.3) is 10.9 Å². The van der Waals surface area contributed by atoms with Gasteiger partial charge in [0.15, 0.2) is 0 Å². The van der Waals surface area contributed by atoms with E-state index in [1.54, 1.807) is 13.8 Å². The van der Waals surface area contributed by atoms with Crippen LogP contribution in [-0.4, -0.2) is 46.4 Å². The van der Waals surface area contributed by atoms with E-state index in [0.717, 1.165) is 27.7 Å². The Morgan fingerprint density at radius 1 is 0.976 bits per heavy atom. The van der Waals surface area contributed by atoms with Crippen molar-refractivity contribution in [2.75, 3.05) is 0 Å². The maximum absolute atomic E-state index is 14.0. The van der Waals surface area contributed by atoms with Gasteiger partial charge in [0, 0.05) is 23.0 Å². The van der Waals surface area contributed by atoms with Gasteiger partial charge < -0.3 is 31.4 Å². The zero-order valence-corrected chi connectivity index (χ0v) is 24.7. The zero-order valence-electron chi connectivity index (χ0n) is 24.7. The summed E-state index contributed by atoms with van der Waals surface area (Å²) in [6, 6.07) is 15.2. The lowest BCUT2D eigenvalue weighted by Crippen LogP contribution is -2.67. The molecule has 1 aliphatic rings. The summed E-state index contributed by atoms with van der Waals surface area (Å²) in [5.74, 6) is -2.14. The maximum Gasteiger partial charge on any atom is 0.408 e. The summed E-state index contributed by atoms with van der Waals surface area (Å²) < 4.78 is 5.39. The number of aryl methyl sites for hydroxylation is 1. The Labute approximate surface area is 246 Å². The Morgan fingerprint density at radius 3 is 2.33 bits per heavy atom. The normalized spacial score (nSPS) is 18.4. The van der Waals surface area contributed by atoms with Gasteiger partial charge in [0.1, 0.15) is 24.2 Å². The molecule has 10 nitrogen and oxygen atoms in total. The number of carbonyl (C=O) groups excluding carboxylic acids is 4. The van der Waals surface area contributed by atoms with Crippen molar-refractivity contribution < 1.29 is 23.9 Å². The molecule has 0 saturated heterocycles. The molecule has 224 valence electrons. The fourth-order valence-electron chi connectivity index (χ4n) is 5.51. The number of aromatic nitrogens is 1. The van der Waals surface area contributed by atoms with Crippen LogP contribution in [0.15, 0.2) is 54.6 Å². The third-order valence-corrected chi connectivity index (χ3v) is 8.22. The highest BCUT2D eigenvalue weighted by Gasteiger charge is 2.46. The van der Waals surface area contributed by atoms with Crippen LogP contribution in [0.1, 0.15) is 57.4 Å². The molecule has 1 heterocycles. The van der Waals surface area contributed by atoms with E-state index in [-0.39, 0.29) is 24.9 Å². The summed E-state index contributed by atoms with van der Waals surface area (Å²) in [6.45, 7) is 7.42. The molecule has 0 radical (unpaired) electrons. The Balaban J connectivity index is 1.61. The monoisotopic (exact) mass is 575 g/mol. The van der Waals surface area contributed by atoms with E-state index in [1.165, 1.54) is 0 Å². The summed E-state index contributed by atoms with van der Waals surface area (Å²) in [7, 11) is 0. The van der Waals surface area contributed by atoms with Gasteiger partial charge in [0.25, 0.3) is 0 Å². The molecule has 4 atom stereocenters. The number of para-hydroxylation sites is 1. The molecule has 0 saturated carbocycles. The minimum Gasteiger partial charge on any atom is -0.445 e. The lowest BCUT2D eigenvalue weighted by molar-refractivity contribution is -0.137. The fraction of sp³-hybridized carbons (Fsp3) is 0.438. The second-order valence-electron chi connectivity index (χ2n) is 11.5. The molecule has 6 N–H and O–H groups in total. The van der Waals surface area contributed by atoms with Gasteiger partial charge in [-0.15, -0.1) is 0 Å². The van der Waals surface area contributed by atoms with Gasteiger partial charge >= 0.3 is 6.09 Å². The second-order valence-corrected chi connectivity index (χ2v) is 11.5. The van der Waals surface area contributed by atoms with Crippen molar-refractivity contribution >= 4 is 34.7 Å². The molecule has 4 amide bonds. The van der Waals surface area contributed by atoms with Crippen LogP contribution < -0.4 is 21.7 Å². The SMILES string of the molecule is CC[C@H](C)[C@H](NC(=O)OCc1ccccc1)C(=O)N[C@@]1(C(=O)N[C@H](C(N)=O)C(C)C)CCc2[nH]c3ccccc3c2C1. The van der Waals surface area contributed by atoms with Crippen molar-refractivity contribution in [3.8, 4) is 0 Å². The van der Waals surface area contributed by atoms with Crippen molar-refractivity contribution in [2.24, 2.45) is 17.6 Å². The van der Waals surface area contributed by atoms with E-state index in [1.807, 2.05) is 68.4 Å². The Morgan fingerprint density at radius 2 is 1.67 bits per heavy atom. The predicted molar refractivity (Wildman–Crippen MR) is 160 cm³/mol. The molecular formula is C32H41N5O5. The van der Waals surface area contributed by atoms with Crippen molar-refractivity contribution in [1.29, 1.82) is 0 Å². The number of ether oxygens (including phenoxy) is 1. The highest BCUT2D eigenvalue weighted by atomic mass is 16.5. The van der Waals surface area contributed by atoms with Crippen molar-refractivity contribution in [3.05, 3.63) is 71.4 Å². The number of primary amides is 1. The number of nitrogens with two attached hydrogens (primary N) is 1. The highest BCUT2D eigenvalue weighted by molar-refractivity contribution is 5.98. The number of benzene rings is 2. The molecule has 0 unspecified atom stereocenters. The molecule has 1 aliphatic carbocycles. The molecule has 10 heteroatoms. The van der Waals surface area contributed by atoms with Crippen LogP contribution in [0.5, 0.6) is 0 Å². The third kappa shape index (κ3) is 6.75. The van der Waals surface area contributed by atoms with Crippen LogP contribution in [0.2, 0.25) is 0 Å². The van der Waals surface area contributed by atoms with E-state index >= 15 is 0 Å². The fourth-order valence-corrected chi connectivity index (χ4v) is 5.51. The number of nitrogens with one attached hydrogen (secondary N) is 4. The number of fused-ring (bicyclic) bond motifs is 3. The largest absolute Gasteiger partial charge is 0.445 e. The zero-order chi connectivity index (χ0) is 30.4. The standard InChI is InChI=1S/C32H41N5O5/c1-5-20(4)27(36-31(41)42-18-21-11-7-6-8-12-21)29(39)37-32(30(40)35-26(19(2)3)28(33)38)16-15-25-23(17-32)22-13-9-10-14-24(22)34-25/h6-14,19-20,26-27,34H,5,15-18H2,1-4H3,(H2,33,38)(H,35,40)(H,36,41)(H,37,39)/t20-,26-,27-,32-/m0/s1. The van der Waals surface area contributed by atoms with Crippen LogP contribution in [-0.2, 0) is 38.6 Å². The molecule has 3 aromatic rings. The number of amides is 4. The number of hydrogen-bond acceptors (Lipinski definition) is 5. The van der Waals surface area contributed by atoms with E-state index in [9.17, 15) is 19.2 Å². The summed E-state index contributed by atoms with van der Waals surface area (Å²) in [5.41, 5.74) is 7.95. The molecule has 1 aromatic heterocycles. The number of rotatable bonds is 11. The number of hydrogen-bond donors (Lipinski definition) is 5. The molecule has 0 spiro atoms. The molecule has 4 rings (SSSR count). The van der Waals surface area contributed by atoms with Gasteiger partial charge in [-0.1, -0.05) is 82.6 Å². The second kappa shape index (κ2) is 13.1. The van der Waals surface area contributed by atoms with Gasteiger partial charge in [-0.05, 0) is 41.9 Å². The van der Waals surface area contributed by atoms with Crippen LogP contribution in [0.4, 0.5) is 4.79 Å². The van der Waals surface area contributed by atoms with E-state index < -0.39 is 41.4 Å². The molecule has 0 aliphatic heterocycles. The first-order valence-corrected chi connectivity index (χ1v) is 14.5. The van der Waals surface area contributed by atoms with Crippen LogP contribution >= 0.6 is 0 Å². The number of carbonyl (C=O) groups is 4. The van der Waals surface area contributed by atoms with E-state index in [2.05, 4.69) is 20.9 Å². The summed E-state index contributed by atoms with van der Waals surface area (Å²) in [5, 5.41) is 9.52. The number of aromatic amines is 1. The molecular weight excluding hydrogens is 534 g/mol. The van der Waals surface area contributed by atoms with Crippen molar-refractivity contribution in [2.45, 2.75) is 77.6 Å².